The third kappa shape index (κ3) is 1.49. The Morgan fingerprint density at radius 1 is 1.37 bits per heavy atom. The summed E-state index contributed by atoms with van der Waals surface area (Å²) >= 11 is 0. The van der Waals surface area contributed by atoms with Gasteiger partial charge in [-0.05, 0) is 38.5 Å². The summed E-state index contributed by atoms with van der Waals surface area (Å²) in [6, 6.07) is 0. The van der Waals surface area contributed by atoms with E-state index in [1.807, 2.05) is 6.92 Å². The van der Waals surface area contributed by atoms with Crippen LogP contribution >= 0.6 is 0 Å². The summed E-state index contributed by atoms with van der Waals surface area (Å²) in [6.07, 6.45) is 0.861. The molecule has 3 aliphatic rings. The van der Waals surface area contributed by atoms with Gasteiger partial charge < -0.3 is 9.84 Å². The van der Waals surface area contributed by atoms with Crippen LogP contribution in [0.2, 0.25) is 0 Å². The summed E-state index contributed by atoms with van der Waals surface area (Å²) in [4.78, 5) is 24.0. The van der Waals surface area contributed by atoms with E-state index in [1.54, 1.807) is 6.92 Å². The highest BCUT2D eigenvalue weighted by Crippen LogP contribution is 2.54. The van der Waals surface area contributed by atoms with Crippen LogP contribution in [0.5, 0.6) is 0 Å². The average molecular weight is 264 g/mol. The van der Waals surface area contributed by atoms with E-state index in [1.165, 1.54) is 0 Å². The van der Waals surface area contributed by atoms with Gasteiger partial charge in [-0.3, -0.25) is 4.79 Å². The molecule has 4 nitrogen and oxygen atoms in total. The maximum absolute atomic E-state index is 12.3. The Morgan fingerprint density at radius 2 is 2.05 bits per heavy atom. The lowest BCUT2D eigenvalue weighted by atomic mass is 9.69. The topological polar surface area (TPSA) is 63.6 Å². The summed E-state index contributed by atoms with van der Waals surface area (Å²) in [5.74, 6) is 0.225. The molecule has 3 rings (SSSR count). The number of hydrogen-bond acceptors (Lipinski definition) is 4. The average Bonchev–Trinajstić information content (AvgIpc) is 2.77. The zero-order valence-electron chi connectivity index (χ0n) is 11.6. The molecule has 0 aromatic carbocycles. The fourth-order valence-corrected chi connectivity index (χ4v) is 4.32. The van der Waals surface area contributed by atoms with E-state index in [0.29, 0.717) is 24.0 Å². The SMILES string of the molecule is CC1=C2C(C[C@@H](C)[C@@H]3CCC(=O)[C@@]3(C)[C@H]2O)OC1=O. The molecule has 0 saturated heterocycles. The molecule has 2 aliphatic carbocycles. The molecule has 1 aliphatic heterocycles. The van der Waals surface area contributed by atoms with Crippen LogP contribution in [0, 0.1) is 17.3 Å². The van der Waals surface area contributed by atoms with Gasteiger partial charge >= 0.3 is 5.97 Å². The highest BCUT2D eigenvalue weighted by molar-refractivity contribution is 5.93. The minimum atomic E-state index is -0.881. The minimum absolute atomic E-state index is 0.122. The van der Waals surface area contributed by atoms with Crippen molar-refractivity contribution in [2.45, 2.75) is 52.2 Å². The second-order valence-electron chi connectivity index (χ2n) is 6.44. The number of aliphatic hydroxyl groups is 1. The summed E-state index contributed by atoms with van der Waals surface area (Å²) < 4.78 is 5.36. The van der Waals surface area contributed by atoms with Crippen LogP contribution in [-0.4, -0.2) is 29.1 Å². The number of carbonyl (C=O) groups is 2. The number of carbonyl (C=O) groups excluding carboxylic acids is 2. The molecule has 0 bridgehead atoms. The predicted molar refractivity (Wildman–Crippen MR) is 68.2 cm³/mol. The van der Waals surface area contributed by atoms with Gasteiger partial charge in [-0.25, -0.2) is 4.79 Å². The standard InChI is InChI=1S/C15H20O4/c1-7-6-10-12(8(2)14(18)19-10)13(17)15(3)9(7)4-5-11(15)16/h7,9-10,13,17H,4-6H2,1-3H3/t7-,9+,10?,13+,15+/m1/s1. The van der Waals surface area contributed by atoms with E-state index in [2.05, 4.69) is 6.92 Å². The summed E-state index contributed by atoms with van der Waals surface area (Å²) in [5, 5.41) is 10.8. The highest BCUT2D eigenvalue weighted by Gasteiger charge is 2.58. The first-order valence-electron chi connectivity index (χ1n) is 7.00. The van der Waals surface area contributed by atoms with Crippen LogP contribution in [-0.2, 0) is 14.3 Å². The second kappa shape index (κ2) is 3.92. The Hall–Kier alpha value is -1.16. The van der Waals surface area contributed by atoms with Crippen molar-refractivity contribution in [3.05, 3.63) is 11.1 Å². The normalized spacial score (nSPS) is 45.9. The Kier molecular flexibility index (Phi) is 2.65. The van der Waals surface area contributed by atoms with Crippen molar-refractivity contribution in [1.82, 2.24) is 0 Å². The molecule has 0 spiro atoms. The van der Waals surface area contributed by atoms with Crippen LogP contribution in [0.3, 0.4) is 0 Å². The summed E-state index contributed by atoms with van der Waals surface area (Å²) in [6.45, 7) is 5.65. The first-order valence-corrected chi connectivity index (χ1v) is 7.00. The molecule has 0 aromatic rings. The molecular weight excluding hydrogens is 244 g/mol. The second-order valence-corrected chi connectivity index (χ2v) is 6.44. The fraction of sp³-hybridized carbons (Fsp3) is 0.733. The van der Waals surface area contributed by atoms with Gasteiger partial charge in [0.2, 0.25) is 0 Å². The van der Waals surface area contributed by atoms with Crippen molar-refractivity contribution < 1.29 is 19.4 Å². The molecule has 0 aromatic heterocycles. The number of ketones is 1. The van der Waals surface area contributed by atoms with Crippen molar-refractivity contribution in [3.63, 3.8) is 0 Å². The van der Waals surface area contributed by atoms with E-state index < -0.39 is 11.5 Å². The van der Waals surface area contributed by atoms with E-state index in [9.17, 15) is 14.7 Å². The van der Waals surface area contributed by atoms with Crippen LogP contribution in [0.1, 0.15) is 40.0 Å². The van der Waals surface area contributed by atoms with Gasteiger partial charge in [0.25, 0.3) is 0 Å². The quantitative estimate of drug-likeness (QED) is 0.675. The van der Waals surface area contributed by atoms with Crippen molar-refractivity contribution >= 4 is 11.8 Å². The van der Waals surface area contributed by atoms with Crippen LogP contribution in [0.15, 0.2) is 11.1 Å². The number of ether oxygens (including phenoxy) is 1. The van der Waals surface area contributed by atoms with Gasteiger partial charge in [-0.2, -0.15) is 0 Å². The first kappa shape index (κ1) is 12.9. The number of aliphatic hydroxyl groups excluding tert-OH is 1. The van der Waals surface area contributed by atoms with Gasteiger partial charge in [0.05, 0.1) is 11.5 Å². The lowest BCUT2D eigenvalue weighted by Crippen LogP contribution is -2.43. The summed E-state index contributed by atoms with van der Waals surface area (Å²) in [7, 11) is 0. The first-order chi connectivity index (χ1) is 8.87. The van der Waals surface area contributed by atoms with Crippen LogP contribution < -0.4 is 0 Å². The van der Waals surface area contributed by atoms with E-state index in [4.69, 9.17) is 4.74 Å². The van der Waals surface area contributed by atoms with E-state index in [0.717, 1.165) is 6.42 Å². The maximum Gasteiger partial charge on any atom is 0.334 e. The van der Waals surface area contributed by atoms with Gasteiger partial charge in [0, 0.05) is 17.6 Å². The van der Waals surface area contributed by atoms with E-state index in [-0.39, 0.29) is 29.7 Å². The molecular formula is C15H20O4. The summed E-state index contributed by atoms with van der Waals surface area (Å²) in [5.41, 5.74) is 0.391. The smallest absolute Gasteiger partial charge is 0.334 e. The van der Waals surface area contributed by atoms with Gasteiger partial charge in [-0.15, -0.1) is 0 Å². The van der Waals surface area contributed by atoms with Gasteiger partial charge in [0.15, 0.2) is 0 Å². The Balaban J connectivity index is 2.14. The van der Waals surface area contributed by atoms with Crippen molar-refractivity contribution in [2.75, 3.05) is 0 Å². The molecule has 0 radical (unpaired) electrons. The van der Waals surface area contributed by atoms with E-state index >= 15 is 0 Å². The lowest BCUT2D eigenvalue weighted by Gasteiger charge is -2.35. The maximum atomic E-state index is 12.3. The van der Waals surface area contributed by atoms with Crippen molar-refractivity contribution in [3.8, 4) is 0 Å². The number of hydrogen-bond donors (Lipinski definition) is 1. The molecule has 104 valence electrons. The number of esters is 1. The number of fused-ring (bicyclic) bond motifs is 2. The zero-order valence-corrected chi connectivity index (χ0v) is 11.6. The van der Waals surface area contributed by atoms with Crippen molar-refractivity contribution in [1.29, 1.82) is 0 Å². The molecule has 4 heteroatoms. The fourth-order valence-electron chi connectivity index (χ4n) is 4.32. The molecule has 0 amide bonds. The third-order valence-corrected chi connectivity index (χ3v) is 5.52. The Morgan fingerprint density at radius 3 is 2.74 bits per heavy atom. The number of rotatable bonds is 0. The molecule has 1 N–H and O–H groups in total. The Labute approximate surface area is 112 Å². The number of Topliss-reactive ketones (excluding diaryl/α,β-unsaturated/α-hetero) is 1. The van der Waals surface area contributed by atoms with Gasteiger partial charge in [-0.1, -0.05) is 6.92 Å². The molecule has 2 fully saturated rings. The molecule has 1 unspecified atom stereocenters. The van der Waals surface area contributed by atoms with Crippen LogP contribution in [0.4, 0.5) is 0 Å². The molecule has 1 heterocycles. The van der Waals surface area contributed by atoms with Gasteiger partial charge in [0.1, 0.15) is 11.9 Å². The Bertz CT molecular complexity index is 492. The van der Waals surface area contributed by atoms with Crippen LogP contribution in [0.25, 0.3) is 0 Å². The molecule has 2 saturated carbocycles. The molecule has 5 atom stereocenters. The lowest BCUT2D eigenvalue weighted by molar-refractivity contribution is -0.140. The minimum Gasteiger partial charge on any atom is -0.454 e. The third-order valence-electron chi connectivity index (χ3n) is 5.52. The predicted octanol–water partition coefficient (Wildman–Crippen LogP) is 1.61. The largest absolute Gasteiger partial charge is 0.454 e. The molecule has 19 heavy (non-hydrogen) atoms. The zero-order chi connectivity index (χ0) is 13.9. The van der Waals surface area contributed by atoms with Crippen molar-refractivity contribution in [2.24, 2.45) is 17.3 Å². The monoisotopic (exact) mass is 264 g/mol. The highest BCUT2D eigenvalue weighted by atomic mass is 16.5.